The van der Waals surface area contributed by atoms with E-state index in [1.807, 2.05) is 59.4 Å². The van der Waals surface area contributed by atoms with Crippen LogP contribution in [0.25, 0.3) is 16.8 Å². The van der Waals surface area contributed by atoms with Crippen LogP contribution in [0.1, 0.15) is 41.6 Å². The minimum atomic E-state index is -0.969. The van der Waals surface area contributed by atoms with Crippen LogP contribution in [-0.2, 0) is 13.0 Å². The van der Waals surface area contributed by atoms with Gasteiger partial charge < -0.3 is 9.67 Å². The van der Waals surface area contributed by atoms with Crippen LogP contribution in [0, 0.1) is 0 Å². The van der Waals surface area contributed by atoms with Crippen molar-refractivity contribution < 1.29 is 9.90 Å². The van der Waals surface area contributed by atoms with Crippen LogP contribution in [-0.4, -0.2) is 47.1 Å². The molecule has 2 aromatic heterocycles. The van der Waals surface area contributed by atoms with Gasteiger partial charge in [-0.3, -0.25) is 0 Å². The normalized spacial score (nSPS) is 11.1. The van der Waals surface area contributed by atoms with Crippen molar-refractivity contribution in [2.45, 2.75) is 37.8 Å². The first kappa shape index (κ1) is 21.8. The van der Waals surface area contributed by atoms with Gasteiger partial charge in [-0.1, -0.05) is 55.8 Å². The SMILES string of the molecule is CCCCc1nc(SC)c(C(=O)O)n1Cc1ccc(-c2ccccc2)c(-n2ncnn2)c1. The largest absolute Gasteiger partial charge is 0.476 e. The smallest absolute Gasteiger partial charge is 0.355 e. The van der Waals surface area contributed by atoms with Gasteiger partial charge in [0.15, 0.2) is 12.0 Å². The molecule has 2 aromatic carbocycles. The van der Waals surface area contributed by atoms with Crippen LogP contribution < -0.4 is 0 Å². The highest BCUT2D eigenvalue weighted by molar-refractivity contribution is 7.98. The number of thioether (sulfide) groups is 1. The zero-order chi connectivity index (χ0) is 22.5. The second kappa shape index (κ2) is 9.78. The fourth-order valence-electron chi connectivity index (χ4n) is 3.68. The van der Waals surface area contributed by atoms with Gasteiger partial charge >= 0.3 is 5.97 Å². The van der Waals surface area contributed by atoms with E-state index in [1.54, 1.807) is 0 Å². The summed E-state index contributed by atoms with van der Waals surface area (Å²) in [6.45, 7) is 2.51. The number of benzene rings is 2. The molecule has 0 bridgehead atoms. The Hall–Kier alpha value is -3.46. The fraction of sp³-hybridized carbons (Fsp3) is 0.261. The Balaban J connectivity index is 1.80. The highest BCUT2D eigenvalue weighted by atomic mass is 32.2. The predicted octanol–water partition coefficient (Wildman–Crippen LogP) is 4.34. The molecule has 1 N–H and O–H groups in total. The lowest BCUT2D eigenvalue weighted by molar-refractivity contribution is 0.0681. The van der Waals surface area contributed by atoms with E-state index in [-0.39, 0.29) is 5.69 Å². The fourth-order valence-corrected chi connectivity index (χ4v) is 4.27. The highest BCUT2D eigenvalue weighted by Crippen LogP contribution is 2.29. The van der Waals surface area contributed by atoms with Crippen molar-refractivity contribution in [2.24, 2.45) is 0 Å². The lowest BCUT2D eigenvalue weighted by atomic mass is 10.0. The average Bonchev–Trinajstić information content (AvgIpc) is 3.46. The van der Waals surface area contributed by atoms with Gasteiger partial charge in [0.25, 0.3) is 0 Å². The summed E-state index contributed by atoms with van der Waals surface area (Å²) >= 11 is 1.36. The summed E-state index contributed by atoms with van der Waals surface area (Å²) in [7, 11) is 0. The second-order valence-electron chi connectivity index (χ2n) is 7.32. The van der Waals surface area contributed by atoms with Crippen molar-refractivity contribution in [3.05, 3.63) is 71.9 Å². The van der Waals surface area contributed by atoms with E-state index in [1.165, 1.54) is 22.9 Å². The molecule has 8 nitrogen and oxygen atoms in total. The Morgan fingerprint density at radius 1 is 1.16 bits per heavy atom. The molecule has 2 heterocycles. The third kappa shape index (κ3) is 4.43. The number of nitrogens with zero attached hydrogens (tertiary/aromatic N) is 6. The molecule has 0 saturated heterocycles. The zero-order valence-electron chi connectivity index (χ0n) is 18.0. The van der Waals surface area contributed by atoms with Gasteiger partial charge in [-0.2, -0.15) is 0 Å². The predicted molar refractivity (Wildman–Crippen MR) is 123 cm³/mol. The number of hydrogen-bond donors (Lipinski definition) is 1. The number of unbranched alkanes of at least 4 members (excludes halogenated alkanes) is 1. The molecule has 0 spiro atoms. The van der Waals surface area contributed by atoms with Crippen LogP contribution in [0.3, 0.4) is 0 Å². The molecule has 0 radical (unpaired) electrons. The summed E-state index contributed by atoms with van der Waals surface area (Å²) in [6.07, 6.45) is 5.94. The molecule has 0 aliphatic carbocycles. The molecule has 0 saturated carbocycles. The Morgan fingerprint density at radius 3 is 2.62 bits per heavy atom. The third-order valence-corrected chi connectivity index (χ3v) is 5.89. The molecule has 0 fully saturated rings. The average molecular weight is 449 g/mol. The quantitative estimate of drug-likeness (QED) is 0.380. The van der Waals surface area contributed by atoms with E-state index < -0.39 is 5.97 Å². The molecule has 9 heteroatoms. The van der Waals surface area contributed by atoms with Gasteiger partial charge in [-0.25, -0.2) is 9.78 Å². The zero-order valence-corrected chi connectivity index (χ0v) is 18.8. The number of rotatable bonds is 9. The van der Waals surface area contributed by atoms with Crippen molar-refractivity contribution in [3.63, 3.8) is 0 Å². The number of hydrogen-bond acceptors (Lipinski definition) is 6. The van der Waals surface area contributed by atoms with E-state index in [4.69, 9.17) is 0 Å². The van der Waals surface area contributed by atoms with Crippen LogP contribution in [0.5, 0.6) is 0 Å². The number of carboxylic acid groups (broad SMARTS) is 1. The summed E-state index contributed by atoms with van der Waals surface area (Å²) in [6, 6.07) is 16.0. The van der Waals surface area contributed by atoms with E-state index in [0.29, 0.717) is 11.6 Å². The molecular weight excluding hydrogens is 424 g/mol. The number of carbonyl (C=O) groups is 1. The minimum Gasteiger partial charge on any atom is -0.476 e. The highest BCUT2D eigenvalue weighted by Gasteiger charge is 2.22. The monoisotopic (exact) mass is 448 g/mol. The maximum absolute atomic E-state index is 12.1. The number of aryl methyl sites for hydroxylation is 1. The molecule has 0 aliphatic rings. The molecule has 32 heavy (non-hydrogen) atoms. The van der Waals surface area contributed by atoms with Crippen molar-refractivity contribution in [1.29, 1.82) is 0 Å². The van der Waals surface area contributed by atoms with Gasteiger partial charge in [0.05, 0.1) is 5.69 Å². The van der Waals surface area contributed by atoms with E-state index in [2.05, 4.69) is 27.3 Å². The molecular formula is C23H24N6O2S. The summed E-state index contributed by atoms with van der Waals surface area (Å²) in [4.78, 5) is 18.2. The van der Waals surface area contributed by atoms with Crippen molar-refractivity contribution >= 4 is 17.7 Å². The minimum absolute atomic E-state index is 0.233. The molecule has 4 rings (SSSR count). The molecule has 0 amide bonds. The number of imidazole rings is 1. The lowest BCUT2D eigenvalue weighted by Gasteiger charge is -2.14. The van der Waals surface area contributed by atoms with Crippen LogP contribution in [0.4, 0.5) is 0 Å². The van der Waals surface area contributed by atoms with Gasteiger partial charge in [0.2, 0.25) is 0 Å². The third-order valence-electron chi connectivity index (χ3n) is 5.22. The van der Waals surface area contributed by atoms with Crippen LogP contribution in [0.15, 0.2) is 59.9 Å². The summed E-state index contributed by atoms with van der Waals surface area (Å²) in [5.74, 6) is -0.176. The summed E-state index contributed by atoms with van der Waals surface area (Å²) in [5.41, 5.74) is 3.95. The Kier molecular flexibility index (Phi) is 6.65. The maximum atomic E-state index is 12.1. The molecule has 0 atom stereocenters. The number of aromatic carboxylic acids is 1. The molecule has 0 unspecified atom stereocenters. The Bertz CT molecular complexity index is 1200. The van der Waals surface area contributed by atoms with Gasteiger partial charge in [0.1, 0.15) is 10.9 Å². The van der Waals surface area contributed by atoms with Crippen molar-refractivity contribution in [1.82, 2.24) is 29.8 Å². The van der Waals surface area contributed by atoms with Crippen LogP contribution >= 0.6 is 11.8 Å². The summed E-state index contributed by atoms with van der Waals surface area (Å²) in [5, 5.41) is 22.6. The van der Waals surface area contributed by atoms with Crippen molar-refractivity contribution in [3.8, 4) is 16.8 Å². The molecule has 164 valence electrons. The summed E-state index contributed by atoms with van der Waals surface area (Å²) < 4.78 is 1.82. The first-order chi connectivity index (χ1) is 15.6. The van der Waals surface area contributed by atoms with E-state index in [9.17, 15) is 9.90 Å². The van der Waals surface area contributed by atoms with Gasteiger partial charge in [0, 0.05) is 18.5 Å². The Morgan fingerprint density at radius 2 is 1.97 bits per heavy atom. The Labute approximate surface area is 190 Å². The topological polar surface area (TPSA) is 98.7 Å². The number of aromatic nitrogens is 6. The standard InChI is InChI=1S/C23H24N6O2S/c1-3-4-10-20-26-22(32-2)21(23(30)31)28(20)14-16-11-12-18(17-8-6-5-7-9-17)19(13-16)29-25-15-24-27-29/h5-9,11-13,15H,3-4,10,14H2,1-2H3,(H,30,31). The lowest BCUT2D eigenvalue weighted by Crippen LogP contribution is -2.14. The van der Waals surface area contributed by atoms with Crippen molar-refractivity contribution in [2.75, 3.05) is 6.26 Å². The first-order valence-corrected chi connectivity index (χ1v) is 11.6. The molecule has 0 aliphatic heterocycles. The van der Waals surface area contributed by atoms with E-state index >= 15 is 0 Å². The first-order valence-electron chi connectivity index (χ1n) is 10.4. The van der Waals surface area contributed by atoms with E-state index in [0.717, 1.165) is 47.5 Å². The molecule has 4 aromatic rings. The maximum Gasteiger partial charge on any atom is 0.355 e. The second-order valence-corrected chi connectivity index (χ2v) is 8.12. The number of carboxylic acids is 1. The van der Waals surface area contributed by atoms with Crippen LogP contribution in [0.2, 0.25) is 0 Å². The number of tetrazole rings is 1. The van der Waals surface area contributed by atoms with Gasteiger partial charge in [-0.15, -0.1) is 26.8 Å². The van der Waals surface area contributed by atoms with Gasteiger partial charge in [-0.05, 0) is 35.1 Å².